The lowest BCUT2D eigenvalue weighted by Crippen LogP contribution is -2.15. The van der Waals surface area contributed by atoms with E-state index in [-0.39, 0.29) is 8.41 Å². The zero-order chi connectivity index (χ0) is 7.61. The van der Waals surface area contributed by atoms with E-state index < -0.39 is 7.26 Å². The number of hydrogen-bond acceptors (Lipinski definition) is 0. The molecule has 0 aromatic rings. The molecule has 0 aromatic carbocycles. The van der Waals surface area contributed by atoms with Crippen LogP contribution in [0.25, 0.3) is 0 Å². The molecule has 2 heteroatoms. The summed E-state index contributed by atoms with van der Waals surface area (Å²) >= 11 is 0. The maximum absolute atomic E-state index is 2.49. The molecule has 0 spiro atoms. The first-order valence-electron chi connectivity index (χ1n) is 4.42. The molecule has 0 amide bonds. The predicted molar refractivity (Wildman–Crippen MR) is 62.9 cm³/mol. The molecule has 0 saturated heterocycles. The lowest BCUT2D eigenvalue weighted by atomic mass is 10.0. The lowest BCUT2D eigenvalue weighted by molar-refractivity contribution is 0.509. The molecule has 0 bridgehead atoms. The molecule has 0 heterocycles. The SMILES string of the molecule is C[P+](C)(C)C1CCCCC1.[BH4-]. The fraction of sp³-hybridized carbons (Fsp3) is 1.00. The van der Waals surface area contributed by atoms with Crippen LogP contribution in [0.4, 0.5) is 0 Å². The molecular formula is C9H24BP. The summed E-state index contributed by atoms with van der Waals surface area (Å²) < 4.78 is 0. The Morgan fingerprint density at radius 1 is 0.909 bits per heavy atom. The van der Waals surface area contributed by atoms with Crippen molar-refractivity contribution in [3.63, 3.8) is 0 Å². The summed E-state index contributed by atoms with van der Waals surface area (Å²) in [7, 11) is -0.491. The minimum absolute atomic E-state index is 0. The van der Waals surface area contributed by atoms with Crippen LogP contribution < -0.4 is 0 Å². The maximum atomic E-state index is 2.49. The van der Waals surface area contributed by atoms with E-state index in [4.69, 9.17) is 0 Å². The molecular weight excluding hydrogens is 150 g/mol. The molecule has 1 fully saturated rings. The van der Waals surface area contributed by atoms with Crippen molar-refractivity contribution < 1.29 is 0 Å². The number of rotatable bonds is 1. The third kappa shape index (κ3) is 3.60. The van der Waals surface area contributed by atoms with Gasteiger partial charge in [0.05, 0.1) is 5.66 Å². The van der Waals surface area contributed by atoms with Gasteiger partial charge in [-0.05, 0) is 25.7 Å². The smallest absolute Gasteiger partial charge is 0.0626 e. The summed E-state index contributed by atoms with van der Waals surface area (Å²) in [5.74, 6) is 0. The van der Waals surface area contributed by atoms with Crippen LogP contribution in [0.2, 0.25) is 0 Å². The Hall–Kier alpha value is 0.495. The van der Waals surface area contributed by atoms with Gasteiger partial charge in [-0.2, -0.15) is 0 Å². The van der Waals surface area contributed by atoms with Crippen molar-refractivity contribution in [2.45, 2.75) is 37.8 Å². The highest BCUT2D eigenvalue weighted by molar-refractivity contribution is 7.74. The summed E-state index contributed by atoms with van der Waals surface area (Å²) in [4.78, 5) is 0. The first-order valence-corrected chi connectivity index (χ1v) is 7.62. The average Bonchev–Trinajstić information content (AvgIpc) is 1.88. The van der Waals surface area contributed by atoms with Gasteiger partial charge in [0.25, 0.3) is 0 Å². The number of hydrogen-bond donors (Lipinski definition) is 0. The molecule has 68 valence electrons. The molecule has 0 N–H and O–H groups in total. The van der Waals surface area contributed by atoms with Crippen LogP contribution in [0.15, 0.2) is 0 Å². The van der Waals surface area contributed by atoms with Crippen LogP contribution in [0, 0.1) is 0 Å². The van der Waals surface area contributed by atoms with E-state index in [2.05, 4.69) is 20.0 Å². The zero-order valence-electron chi connectivity index (χ0n) is 7.56. The molecule has 1 aliphatic rings. The van der Waals surface area contributed by atoms with Crippen LogP contribution in [0.1, 0.15) is 32.1 Å². The minimum atomic E-state index is -0.491. The van der Waals surface area contributed by atoms with Gasteiger partial charge in [0, 0.05) is 27.3 Å². The van der Waals surface area contributed by atoms with Crippen LogP contribution >= 0.6 is 7.26 Å². The van der Waals surface area contributed by atoms with Gasteiger partial charge in [-0.1, -0.05) is 14.8 Å². The van der Waals surface area contributed by atoms with Crippen molar-refractivity contribution in [3.05, 3.63) is 0 Å². The maximum Gasteiger partial charge on any atom is 0.0689 e. The van der Waals surface area contributed by atoms with Crippen molar-refractivity contribution in [1.82, 2.24) is 0 Å². The van der Waals surface area contributed by atoms with Gasteiger partial charge in [-0.15, -0.1) is 0 Å². The molecule has 0 nitrogen and oxygen atoms in total. The first kappa shape index (κ1) is 11.5. The van der Waals surface area contributed by atoms with E-state index in [0.717, 1.165) is 5.66 Å². The quantitative estimate of drug-likeness (QED) is 0.419. The Bertz CT molecular complexity index is 101. The summed E-state index contributed by atoms with van der Waals surface area (Å²) in [6.07, 6.45) is 7.55. The van der Waals surface area contributed by atoms with E-state index in [1.165, 1.54) is 32.1 Å². The van der Waals surface area contributed by atoms with Crippen LogP contribution in [-0.4, -0.2) is 34.1 Å². The lowest BCUT2D eigenvalue weighted by Gasteiger charge is -2.27. The fourth-order valence-corrected chi connectivity index (χ4v) is 3.77. The summed E-state index contributed by atoms with van der Waals surface area (Å²) in [5, 5.41) is 0. The Morgan fingerprint density at radius 3 is 1.64 bits per heavy atom. The van der Waals surface area contributed by atoms with Crippen LogP contribution in [-0.2, 0) is 0 Å². The molecule has 1 aliphatic carbocycles. The molecule has 0 radical (unpaired) electrons. The van der Waals surface area contributed by atoms with Crippen LogP contribution in [0.5, 0.6) is 0 Å². The van der Waals surface area contributed by atoms with Gasteiger partial charge in [-0.3, -0.25) is 0 Å². The molecule has 0 unspecified atom stereocenters. The van der Waals surface area contributed by atoms with Crippen molar-refractivity contribution in [2.75, 3.05) is 20.0 Å². The van der Waals surface area contributed by atoms with Crippen molar-refractivity contribution in [3.8, 4) is 0 Å². The second-order valence-electron chi connectivity index (χ2n) is 4.41. The van der Waals surface area contributed by atoms with Gasteiger partial charge in [0.2, 0.25) is 0 Å². The van der Waals surface area contributed by atoms with Gasteiger partial charge in [0.15, 0.2) is 0 Å². The highest BCUT2D eigenvalue weighted by Crippen LogP contribution is 2.56. The van der Waals surface area contributed by atoms with E-state index >= 15 is 0 Å². The second-order valence-corrected chi connectivity index (χ2v) is 9.37. The van der Waals surface area contributed by atoms with Gasteiger partial charge >= 0.3 is 0 Å². The monoisotopic (exact) mass is 174 g/mol. The minimum Gasteiger partial charge on any atom is -0.0626 e. The second kappa shape index (κ2) is 4.50. The highest BCUT2D eigenvalue weighted by Gasteiger charge is 2.31. The van der Waals surface area contributed by atoms with Crippen molar-refractivity contribution in [2.24, 2.45) is 0 Å². The third-order valence-electron chi connectivity index (χ3n) is 2.67. The summed E-state index contributed by atoms with van der Waals surface area (Å²) in [6.45, 7) is 7.47. The standard InChI is InChI=1S/C9H20P.BH4/c1-10(2,3)9-7-5-4-6-8-9;/h9H,4-8H2,1-3H3;1H4/q+1;-1. The van der Waals surface area contributed by atoms with Gasteiger partial charge in [-0.25, -0.2) is 0 Å². The van der Waals surface area contributed by atoms with E-state index in [1.54, 1.807) is 0 Å². The molecule has 0 atom stereocenters. The Labute approximate surface area is 74.1 Å². The van der Waals surface area contributed by atoms with Crippen molar-refractivity contribution >= 4 is 15.7 Å². The van der Waals surface area contributed by atoms with E-state index in [1.807, 2.05) is 0 Å². The molecule has 1 rings (SSSR count). The van der Waals surface area contributed by atoms with E-state index in [0.29, 0.717) is 0 Å². The Morgan fingerprint density at radius 2 is 1.36 bits per heavy atom. The fourth-order valence-electron chi connectivity index (χ4n) is 1.86. The summed E-state index contributed by atoms with van der Waals surface area (Å²) in [6, 6.07) is 0. The summed E-state index contributed by atoms with van der Waals surface area (Å²) in [5.41, 5.74) is 1.11. The molecule has 1 saturated carbocycles. The largest absolute Gasteiger partial charge is 0.0689 e. The normalized spacial score (nSPS) is 21.0. The van der Waals surface area contributed by atoms with Crippen LogP contribution in [0.3, 0.4) is 0 Å². The van der Waals surface area contributed by atoms with Gasteiger partial charge < -0.3 is 0 Å². The topological polar surface area (TPSA) is 0 Å². The Balaban J connectivity index is 0.000001000. The molecule has 0 aromatic heterocycles. The molecule has 11 heavy (non-hydrogen) atoms. The van der Waals surface area contributed by atoms with E-state index in [9.17, 15) is 0 Å². The average molecular weight is 174 g/mol. The highest BCUT2D eigenvalue weighted by atomic mass is 31.2. The molecule has 0 aliphatic heterocycles. The van der Waals surface area contributed by atoms with Gasteiger partial charge in [0.1, 0.15) is 0 Å². The first-order chi connectivity index (χ1) is 4.61. The third-order valence-corrected chi connectivity index (χ3v) is 5.38. The van der Waals surface area contributed by atoms with Crippen molar-refractivity contribution in [1.29, 1.82) is 0 Å². The Kier molecular flexibility index (Phi) is 4.71. The zero-order valence-corrected chi connectivity index (χ0v) is 8.45. The predicted octanol–water partition coefficient (Wildman–Crippen LogP) is 1.77.